The molecule has 0 radical (unpaired) electrons. The third kappa shape index (κ3) is 3.51. The highest BCUT2D eigenvalue weighted by Crippen LogP contribution is 2.30. The van der Waals surface area contributed by atoms with Gasteiger partial charge >= 0.3 is 0 Å². The SMILES string of the molecule is CCCCCC(CC)c1cccnc1OC. The minimum Gasteiger partial charge on any atom is -0.481 e. The van der Waals surface area contributed by atoms with Gasteiger partial charge in [-0.2, -0.15) is 0 Å². The van der Waals surface area contributed by atoms with Crippen molar-refractivity contribution in [2.24, 2.45) is 0 Å². The highest BCUT2D eigenvalue weighted by atomic mass is 16.5. The van der Waals surface area contributed by atoms with Crippen LogP contribution in [-0.2, 0) is 0 Å². The second kappa shape index (κ2) is 7.26. The molecule has 1 heterocycles. The number of rotatable bonds is 7. The van der Waals surface area contributed by atoms with Gasteiger partial charge in [-0.25, -0.2) is 4.98 Å². The molecule has 1 aromatic rings. The second-order valence-electron chi connectivity index (χ2n) is 4.20. The molecule has 1 unspecified atom stereocenters. The van der Waals surface area contributed by atoms with Crippen LogP contribution in [0.4, 0.5) is 0 Å². The molecular weight excluding hydrogens is 198 g/mol. The van der Waals surface area contributed by atoms with Gasteiger partial charge in [0.25, 0.3) is 0 Å². The highest BCUT2D eigenvalue weighted by Gasteiger charge is 2.14. The summed E-state index contributed by atoms with van der Waals surface area (Å²) in [5.74, 6) is 1.39. The predicted molar refractivity (Wildman–Crippen MR) is 68.0 cm³/mol. The quantitative estimate of drug-likeness (QED) is 0.645. The average Bonchev–Trinajstić information content (AvgIpc) is 2.35. The Morgan fingerprint density at radius 1 is 1.31 bits per heavy atom. The number of methoxy groups -OCH3 is 1. The molecule has 0 aromatic carbocycles. The molecule has 90 valence electrons. The lowest BCUT2D eigenvalue weighted by atomic mass is 9.91. The Morgan fingerprint density at radius 2 is 2.12 bits per heavy atom. The van der Waals surface area contributed by atoms with E-state index in [1.807, 2.05) is 6.07 Å². The number of nitrogens with zero attached hydrogens (tertiary/aromatic N) is 1. The monoisotopic (exact) mass is 221 g/mol. The van der Waals surface area contributed by atoms with E-state index in [1.54, 1.807) is 13.3 Å². The molecule has 0 fully saturated rings. The molecule has 0 amide bonds. The van der Waals surface area contributed by atoms with Gasteiger partial charge in [-0.15, -0.1) is 0 Å². The number of hydrogen-bond acceptors (Lipinski definition) is 2. The summed E-state index contributed by atoms with van der Waals surface area (Å²) in [5, 5.41) is 0. The smallest absolute Gasteiger partial charge is 0.216 e. The lowest BCUT2D eigenvalue weighted by Crippen LogP contribution is -2.02. The van der Waals surface area contributed by atoms with Gasteiger partial charge in [0.2, 0.25) is 5.88 Å². The van der Waals surface area contributed by atoms with Crippen LogP contribution in [0.2, 0.25) is 0 Å². The van der Waals surface area contributed by atoms with E-state index >= 15 is 0 Å². The first-order chi connectivity index (χ1) is 7.83. The van der Waals surface area contributed by atoms with Crippen LogP contribution in [0.1, 0.15) is 57.4 Å². The zero-order valence-corrected chi connectivity index (χ0v) is 10.7. The van der Waals surface area contributed by atoms with Gasteiger partial charge in [-0.1, -0.05) is 39.2 Å². The lowest BCUT2D eigenvalue weighted by Gasteiger charge is -2.17. The highest BCUT2D eigenvalue weighted by molar-refractivity contribution is 5.29. The maximum absolute atomic E-state index is 5.32. The van der Waals surface area contributed by atoms with Crippen molar-refractivity contribution in [1.82, 2.24) is 4.98 Å². The van der Waals surface area contributed by atoms with Gasteiger partial charge in [-0.3, -0.25) is 0 Å². The van der Waals surface area contributed by atoms with Crippen molar-refractivity contribution in [3.8, 4) is 5.88 Å². The van der Waals surface area contributed by atoms with Crippen molar-refractivity contribution in [2.75, 3.05) is 7.11 Å². The number of aromatic nitrogens is 1. The summed E-state index contributed by atoms with van der Waals surface area (Å²) in [4.78, 5) is 4.27. The molecular formula is C14H23NO. The van der Waals surface area contributed by atoms with Gasteiger partial charge < -0.3 is 4.74 Å². The first-order valence-electron chi connectivity index (χ1n) is 6.32. The number of hydrogen-bond donors (Lipinski definition) is 0. The van der Waals surface area contributed by atoms with Gasteiger partial charge in [0, 0.05) is 11.8 Å². The zero-order valence-electron chi connectivity index (χ0n) is 10.7. The summed E-state index contributed by atoms with van der Waals surface area (Å²) in [6.07, 6.45) is 8.09. The van der Waals surface area contributed by atoms with Crippen molar-refractivity contribution in [1.29, 1.82) is 0 Å². The fourth-order valence-corrected chi connectivity index (χ4v) is 2.10. The number of pyridine rings is 1. The van der Waals surface area contributed by atoms with Gasteiger partial charge in [0.1, 0.15) is 0 Å². The van der Waals surface area contributed by atoms with E-state index in [0.29, 0.717) is 5.92 Å². The van der Waals surface area contributed by atoms with Crippen molar-refractivity contribution in [2.45, 2.75) is 51.9 Å². The molecule has 0 saturated carbocycles. The molecule has 0 aliphatic rings. The molecule has 1 rings (SSSR count). The van der Waals surface area contributed by atoms with Crippen LogP contribution in [0.3, 0.4) is 0 Å². The van der Waals surface area contributed by atoms with E-state index in [2.05, 4.69) is 24.9 Å². The predicted octanol–water partition coefficient (Wildman–Crippen LogP) is 4.16. The summed E-state index contributed by atoms with van der Waals surface area (Å²) < 4.78 is 5.32. The number of ether oxygens (including phenoxy) is 1. The van der Waals surface area contributed by atoms with E-state index in [9.17, 15) is 0 Å². The summed E-state index contributed by atoms with van der Waals surface area (Å²) in [7, 11) is 1.70. The first kappa shape index (κ1) is 13.0. The Morgan fingerprint density at radius 3 is 2.75 bits per heavy atom. The second-order valence-corrected chi connectivity index (χ2v) is 4.20. The maximum Gasteiger partial charge on any atom is 0.216 e. The lowest BCUT2D eigenvalue weighted by molar-refractivity contribution is 0.384. The van der Waals surface area contributed by atoms with Crippen LogP contribution in [0.15, 0.2) is 18.3 Å². The molecule has 16 heavy (non-hydrogen) atoms. The summed E-state index contributed by atoms with van der Waals surface area (Å²) in [6, 6.07) is 4.15. The van der Waals surface area contributed by atoms with Crippen molar-refractivity contribution in [3.63, 3.8) is 0 Å². The van der Waals surface area contributed by atoms with Crippen LogP contribution < -0.4 is 4.74 Å². The van der Waals surface area contributed by atoms with Crippen LogP contribution in [-0.4, -0.2) is 12.1 Å². The molecule has 2 nitrogen and oxygen atoms in total. The van der Waals surface area contributed by atoms with Crippen LogP contribution >= 0.6 is 0 Å². The zero-order chi connectivity index (χ0) is 11.8. The van der Waals surface area contributed by atoms with Gasteiger partial charge in [0.15, 0.2) is 0 Å². The van der Waals surface area contributed by atoms with E-state index in [1.165, 1.54) is 31.2 Å². The van der Waals surface area contributed by atoms with Crippen molar-refractivity contribution >= 4 is 0 Å². The Balaban J connectivity index is 2.69. The molecule has 0 bridgehead atoms. The third-order valence-electron chi connectivity index (χ3n) is 3.08. The van der Waals surface area contributed by atoms with Gasteiger partial charge in [0.05, 0.1) is 7.11 Å². The standard InChI is InChI=1S/C14H23NO/c1-4-6-7-9-12(5-2)13-10-8-11-15-14(13)16-3/h8,10-12H,4-7,9H2,1-3H3. The molecule has 0 saturated heterocycles. The maximum atomic E-state index is 5.32. The molecule has 0 aliphatic carbocycles. The fraction of sp³-hybridized carbons (Fsp3) is 0.643. The first-order valence-corrected chi connectivity index (χ1v) is 6.32. The van der Waals surface area contributed by atoms with E-state index in [4.69, 9.17) is 4.74 Å². The van der Waals surface area contributed by atoms with Crippen molar-refractivity contribution < 1.29 is 4.74 Å². The molecule has 1 aromatic heterocycles. The molecule has 0 aliphatic heterocycles. The normalized spacial score (nSPS) is 12.4. The van der Waals surface area contributed by atoms with Crippen LogP contribution in [0.25, 0.3) is 0 Å². The van der Waals surface area contributed by atoms with Crippen LogP contribution in [0.5, 0.6) is 5.88 Å². The van der Waals surface area contributed by atoms with Gasteiger partial charge in [-0.05, 0) is 24.8 Å². The minimum atomic E-state index is 0.593. The third-order valence-corrected chi connectivity index (χ3v) is 3.08. The van der Waals surface area contributed by atoms with E-state index in [-0.39, 0.29) is 0 Å². The molecule has 2 heteroatoms. The minimum absolute atomic E-state index is 0.593. The number of unbranched alkanes of at least 4 members (excludes halogenated alkanes) is 2. The Kier molecular flexibility index (Phi) is 5.91. The van der Waals surface area contributed by atoms with E-state index < -0.39 is 0 Å². The Hall–Kier alpha value is -1.05. The van der Waals surface area contributed by atoms with E-state index in [0.717, 1.165) is 12.3 Å². The topological polar surface area (TPSA) is 22.1 Å². The molecule has 0 N–H and O–H groups in total. The summed E-state index contributed by atoms with van der Waals surface area (Å²) in [6.45, 7) is 4.48. The summed E-state index contributed by atoms with van der Waals surface area (Å²) in [5.41, 5.74) is 1.27. The fourth-order valence-electron chi connectivity index (χ4n) is 2.10. The van der Waals surface area contributed by atoms with Crippen LogP contribution in [0, 0.1) is 0 Å². The van der Waals surface area contributed by atoms with Crippen molar-refractivity contribution in [3.05, 3.63) is 23.9 Å². The molecule has 1 atom stereocenters. The average molecular weight is 221 g/mol. The Bertz CT molecular complexity index is 299. The largest absolute Gasteiger partial charge is 0.481 e. The summed E-state index contributed by atoms with van der Waals surface area (Å²) >= 11 is 0. The molecule has 0 spiro atoms. The Labute approximate surface area is 99.0 Å².